The van der Waals surface area contributed by atoms with Crippen molar-refractivity contribution in [3.63, 3.8) is 0 Å². The second-order valence-electron chi connectivity index (χ2n) is 4.84. The monoisotopic (exact) mass is 351 g/mol. The van der Waals surface area contributed by atoms with Crippen LogP contribution in [0.2, 0.25) is 5.02 Å². The molecule has 0 saturated carbocycles. The van der Waals surface area contributed by atoms with Crippen LogP contribution < -0.4 is 10.1 Å². The molecule has 2 aromatic rings. The Morgan fingerprint density at radius 3 is 2.50 bits per heavy atom. The summed E-state index contributed by atoms with van der Waals surface area (Å²) in [7, 11) is 0. The fraction of sp³-hybridized carbons (Fsp3) is 0.176. The fourth-order valence-electron chi connectivity index (χ4n) is 1.75. The minimum atomic E-state index is -1.02. The van der Waals surface area contributed by atoms with Crippen LogP contribution in [0.4, 0.5) is 10.1 Å². The molecule has 0 bridgehead atoms. The van der Waals surface area contributed by atoms with Crippen molar-refractivity contribution in [1.82, 2.24) is 0 Å². The molecule has 0 radical (unpaired) electrons. The van der Waals surface area contributed by atoms with Gasteiger partial charge in [0.2, 0.25) is 0 Å². The molecule has 0 fully saturated rings. The number of carbonyl (C=O) groups is 2. The average molecular weight is 352 g/mol. The van der Waals surface area contributed by atoms with Crippen LogP contribution >= 0.6 is 11.6 Å². The summed E-state index contributed by atoms with van der Waals surface area (Å²) in [5.74, 6) is -1.32. The van der Waals surface area contributed by atoms with E-state index in [2.05, 4.69) is 5.32 Å². The lowest BCUT2D eigenvalue weighted by atomic mass is 10.3. The van der Waals surface area contributed by atoms with Crippen molar-refractivity contribution in [2.75, 3.05) is 11.9 Å². The molecule has 2 rings (SSSR count). The first-order valence-corrected chi connectivity index (χ1v) is 7.47. The third kappa shape index (κ3) is 5.24. The summed E-state index contributed by atoms with van der Waals surface area (Å²) in [4.78, 5) is 23.7. The lowest BCUT2D eigenvalue weighted by Gasteiger charge is -2.14. The Bertz CT molecular complexity index is 721. The first-order chi connectivity index (χ1) is 11.5. The average Bonchev–Trinajstić information content (AvgIpc) is 2.56. The molecule has 0 aliphatic heterocycles. The normalized spacial score (nSPS) is 11.5. The maximum atomic E-state index is 12.8. The van der Waals surface area contributed by atoms with Gasteiger partial charge in [-0.05, 0) is 43.3 Å². The Balaban J connectivity index is 1.81. The molecule has 1 atom stereocenters. The zero-order valence-electron chi connectivity index (χ0n) is 12.8. The molecule has 24 heavy (non-hydrogen) atoms. The molecule has 0 spiro atoms. The SMILES string of the molecule is C[C@H](OC(=O)COc1ccc(F)cc1)C(=O)Nc1ccccc1Cl. The van der Waals surface area contributed by atoms with Gasteiger partial charge in [-0.2, -0.15) is 0 Å². The van der Waals surface area contributed by atoms with Crippen LogP contribution in [-0.4, -0.2) is 24.6 Å². The van der Waals surface area contributed by atoms with Crippen LogP contribution in [0.25, 0.3) is 0 Å². The number of esters is 1. The van der Waals surface area contributed by atoms with E-state index in [9.17, 15) is 14.0 Å². The number of amides is 1. The Labute approximate surface area is 143 Å². The summed E-state index contributed by atoms with van der Waals surface area (Å²) < 4.78 is 22.9. The van der Waals surface area contributed by atoms with Crippen molar-refractivity contribution in [3.05, 3.63) is 59.4 Å². The first-order valence-electron chi connectivity index (χ1n) is 7.09. The maximum Gasteiger partial charge on any atom is 0.344 e. The second-order valence-corrected chi connectivity index (χ2v) is 5.25. The van der Waals surface area contributed by atoms with Crippen molar-refractivity contribution in [1.29, 1.82) is 0 Å². The Hall–Kier alpha value is -2.60. The Kier molecular flexibility index (Phi) is 6.14. The highest BCUT2D eigenvalue weighted by Crippen LogP contribution is 2.20. The molecule has 5 nitrogen and oxygen atoms in total. The number of benzene rings is 2. The van der Waals surface area contributed by atoms with E-state index in [1.807, 2.05) is 0 Å². The molecule has 2 aromatic carbocycles. The number of hydrogen-bond acceptors (Lipinski definition) is 4. The van der Waals surface area contributed by atoms with Crippen molar-refractivity contribution < 1.29 is 23.5 Å². The van der Waals surface area contributed by atoms with Crippen LogP contribution in [-0.2, 0) is 14.3 Å². The number of ether oxygens (including phenoxy) is 2. The molecule has 126 valence electrons. The Morgan fingerprint density at radius 1 is 1.17 bits per heavy atom. The minimum Gasteiger partial charge on any atom is -0.482 e. The molecular weight excluding hydrogens is 337 g/mol. The van der Waals surface area contributed by atoms with Crippen LogP contribution in [0.5, 0.6) is 5.75 Å². The quantitative estimate of drug-likeness (QED) is 0.810. The van der Waals surface area contributed by atoms with E-state index in [0.29, 0.717) is 16.5 Å². The van der Waals surface area contributed by atoms with E-state index in [1.165, 1.54) is 31.2 Å². The van der Waals surface area contributed by atoms with E-state index in [0.717, 1.165) is 0 Å². The third-order valence-electron chi connectivity index (χ3n) is 2.98. The molecule has 0 aliphatic carbocycles. The van der Waals surface area contributed by atoms with Gasteiger partial charge in [0.05, 0.1) is 10.7 Å². The molecule has 0 aliphatic rings. The smallest absolute Gasteiger partial charge is 0.344 e. The lowest BCUT2D eigenvalue weighted by molar-refractivity contribution is -0.155. The summed E-state index contributed by atoms with van der Waals surface area (Å²) in [5, 5.41) is 2.94. The molecule has 0 heterocycles. The third-order valence-corrected chi connectivity index (χ3v) is 3.31. The summed E-state index contributed by atoms with van der Waals surface area (Å²) >= 11 is 5.94. The summed E-state index contributed by atoms with van der Waals surface area (Å²) in [5.41, 5.74) is 0.426. The van der Waals surface area contributed by atoms with Gasteiger partial charge >= 0.3 is 5.97 Å². The van der Waals surface area contributed by atoms with Crippen LogP contribution in [0, 0.1) is 5.82 Å². The van der Waals surface area contributed by atoms with Crippen molar-refractivity contribution >= 4 is 29.2 Å². The molecule has 0 aromatic heterocycles. The zero-order valence-corrected chi connectivity index (χ0v) is 13.5. The number of halogens is 2. The van der Waals surface area contributed by atoms with Gasteiger partial charge < -0.3 is 14.8 Å². The highest BCUT2D eigenvalue weighted by molar-refractivity contribution is 6.33. The standard InChI is InChI=1S/C17H15ClFNO4/c1-11(17(22)20-15-5-3-2-4-14(15)18)24-16(21)10-23-13-8-6-12(19)7-9-13/h2-9,11H,10H2,1H3,(H,20,22)/t11-/m0/s1. The predicted molar refractivity (Wildman–Crippen MR) is 87.5 cm³/mol. The van der Waals surface area contributed by atoms with Crippen LogP contribution in [0.1, 0.15) is 6.92 Å². The van der Waals surface area contributed by atoms with E-state index < -0.39 is 30.4 Å². The first kappa shape index (κ1) is 17.7. The molecule has 0 saturated heterocycles. The molecule has 0 unspecified atom stereocenters. The van der Waals surface area contributed by atoms with E-state index in [-0.39, 0.29) is 0 Å². The highest BCUT2D eigenvalue weighted by atomic mass is 35.5. The van der Waals surface area contributed by atoms with Gasteiger partial charge in [0, 0.05) is 0 Å². The highest BCUT2D eigenvalue weighted by Gasteiger charge is 2.19. The van der Waals surface area contributed by atoms with Gasteiger partial charge in [0.1, 0.15) is 11.6 Å². The summed E-state index contributed by atoms with van der Waals surface area (Å²) in [6.45, 7) is 1.04. The van der Waals surface area contributed by atoms with Gasteiger partial charge in [0.25, 0.3) is 5.91 Å². The van der Waals surface area contributed by atoms with E-state index in [1.54, 1.807) is 24.3 Å². The number of anilines is 1. The van der Waals surface area contributed by atoms with Gasteiger partial charge in [-0.25, -0.2) is 9.18 Å². The topological polar surface area (TPSA) is 64.6 Å². The lowest BCUT2D eigenvalue weighted by Crippen LogP contribution is -2.31. The van der Waals surface area contributed by atoms with Crippen LogP contribution in [0.15, 0.2) is 48.5 Å². The van der Waals surface area contributed by atoms with Crippen molar-refractivity contribution in [2.24, 2.45) is 0 Å². The van der Waals surface area contributed by atoms with E-state index in [4.69, 9.17) is 21.1 Å². The van der Waals surface area contributed by atoms with Crippen LogP contribution in [0.3, 0.4) is 0 Å². The zero-order chi connectivity index (χ0) is 17.5. The minimum absolute atomic E-state index is 0.321. The molecule has 1 N–H and O–H groups in total. The molecular formula is C17H15ClFNO4. The number of rotatable bonds is 6. The van der Waals surface area contributed by atoms with E-state index >= 15 is 0 Å². The second kappa shape index (κ2) is 8.31. The largest absolute Gasteiger partial charge is 0.482 e. The molecule has 7 heteroatoms. The molecule has 1 amide bonds. The summed E-state index contributed by atoms with van der Waals surface area (Å²) in [6, 6.07) is 11.9. The van der Waals surface area contributed by atoms with Crippen molar-refractivity contribution in [3.8, 4) is 5.75 Å². The summed E-state index contributed by atoms with van der Waals surface area (Å²) in [6.07, 6.45) is -1.02. The number of hydrogen-bond donors (Lipinski definition) is 1. The van der Waals surface area contributed by atoms with Crippen molar-refractivity contribution in [2.45, 2.75) is 13.0 Å². The number of para-hydroxylation sites is 1. The number of carbonyl (C=O) groups excluding carboxylic acids is 2. The van der Waals surface area contributed by atoms with Gasteiger partial charge in [-0.3, -0.25) is 4.79 Å². The Morgan fingerprint density at radius 2 is 1.83 bits per heavy atom. The van der Waals surface area contributed by atoms with Gasteiger partial charge in [-0.1, -0.05) is 23.7 Å². The number of nitrogens with one attached hydrogen (secondary N) is 1. The fourth-order valence-corrected chi connectivity index (χ4v) is 1.94. The van der Waals surface area contributed by atoms with Gasteiger partial charge in [0.15, 0.2) is 12.7 Å². The van der Waals surface area contributed by atoms with Gasteiger partial charge in [-0.15, -0.1) is 0 Å². The maximum absolute atomic E-state index is 12.8. The predicted octanol–water partition coefficient (Wildman–Crippen LogP) is 3.43.